The summed E-state index contributed by atoms with van der Waals surface area (Å²) >= 11 is 1.17. The molecular weight excluding hydrogens is 316 g/mol. The van der Waals surface area contributed by atoms with E-state index in [2.05, 4.69) is 10.3 Å². The molecule has 1 aliphatic rings. The number of aromatic nitrogens is 1. The zero-order valence-corrected chi connectivity index (χ0v) is 13.0. The van der Waals surface area contributed by atoms with Crippen molar-refractivity contribution in [3.8, 4) is 0 Å². The van der Waals surface area contributed by atoms with Crippen molar-refractivity contribution in [2.45, 2.75) is 25.8 Å². The average Bonchev–Trinajstić information content (AvgIpc) is 2.95. The fourth-order valence-corrected chi connectivity index (χ4v) is 4.90. The van der Waals surface area contributed by atoms with Crippen LogP contribution < -0.4 is 5.32 Å². The van der Waals surface area contributed by atoms with Gasteiger partial charge in [0, 0.05) is 11.8 Å². The summed E-state index contributed by atoms with van der Waals surface area (Å²) in [6.45, 7) is 1.72. The van der Waals surface area contributed by atoms with Gasteiger partial charge in [-0.2, -0.15) is 0 Å². The Labute approximate surface area is 126 Å². The molecule has 0 bridgehead atoms. The lowest BCUT2D eigenvalue weighted by Gasteiger charge is -2.13. The molecule has 1 aliphatic heterocycles. The predicted octanol–water partition coefficient (Wildman–Crippen LogP) is 0.843. The van der Waals surface area contributed by atoms with Crippen molar-refractivity contribution in [2.75, 3.05) is 11.5 Å². The molecule has 0 saturated carbocycles. The van der Waals surface area contributed by atoms with Gasteiger partial charge in [-0.05, 0) is 19.3 Å². The van der Waals surface area contributed by atoms with Gasteiger partial charge >= 0.3 is 5.97 Å². The summed E-state index contributed by atoms with van der Waals surface area (Å²) in [6.07, 6.45) is 0.686. The number of rotatable bonds is 5. The zero-order valence-electron chi connectivity index (χ0n) is 11.4. The number of hydrogen-bond donors (Lipinski definition) is 2. The van der Waals surface area contributed by atoms with Gasteiger partial charge in [-0.1, -0.05) is 0 Å². The van der Waals surface area contributed by atoms with Crippen LogP contribution in [0, 0.1) is 5.92 Å². The first kappa shape index (κ1) is 15.9. The third-order valence-corrected chi connectivity index (χ3v) is 6.15. The van der Waals surface area contributed by atoms with Gasteiger partial charge in [-0.15, -0.1) is 11.3 Å². The second kappa shape index (κ2) is 6.10. The lowest BCUT2D eigenvalue weighted by molar-refractivity contribution is -0.122. The molecule has 2 atom stereocenters. The Bertz CT molecular complexity index is 652. The number of carbonyl (C=O) groups excluding carboxylic acids is 1. The highest BCUT2D eigenvalue weighted by Gasteiger charge is 2.29. The molecule has 116 valence electrons. The normalized spacial score (nSPS) is 21.9. The smallest absolute Gasteiger partial charge is 0.355 e. The summed E-state index contributed by atoms with van der Waals surface area (Å²) in [5.41, 5.74) is -0.0435. The zero-order chi connectivity index (χ0) is 15.6. The van der Waals surface area contributed by atoms with E-state index in [9.17, 15) is 18.0 Å². The molecule has 21 heavy (non-hydrogen) atoms. The van der Waals surface area contributed by atoms with Gasteiger partial charge in [0.15, 0.2) is 15.5 Å². The molecule has 9 heteroatoms. The lowest BCUT2D eigenvalue weighted by Crippen LogP contribution is -2.28. The van der Waals surface area contributed by atoms with Crippen LogP contribution in [0.1, 0.15) is 41.3 Å². The van der Waals surface area contributed by atoms with Crippen molar-refractivity contribution >= 4 is 33.1 Å². The minimum absolute atomic E-state index is 0.0435. The van der Waals surface area contributed by atoms with Gasteiger partial charge < -0.3 is 10.4 Å². The number of amides is 1. The quantitative estimate of drug-likeness (QED) is 0.826. The van der Waals surface area contributed by atoms with Crippen LogP contribution in [0.2, 0.25) is 0 Å². The molecule has 0 aliphatic carbocycles. The molecule has 1 saturated heterocycles. The molecule has 1 aromatic heterocycles. The van der Waals surface area contributed by atoms with E-state index >= 15 is 0 Å². The van der Waals surface area contributed by atoms with E-state index in [1.807, 2.05) is 0 Å². The first-order valence-corrected chi connectivity index (χ1v) is 9.15. The van der Waals surface area contributed by atoms with Crippen LogP contribution in [0.15, 0.2) is 5.38 Å². The molecule has 2 rings (SSSR count). The van der Waals surface area contributed by atoms with Crippen LogP contribution >= 0.6 is 11.3 Å². The molecule has 2 heterocycles. The number of nitrogens with one attached hydrogen (secondary N) is 1. The van der Waals surface area contributed by atoms with Gasteiger partial charge in [0.2, 0.25) is 5.91 Å². The summed E-state index contributed by atoms with van der Waals surface area (Å²) < 4.78 is 22.7. The largest absolute Gasteiger partial charge is 0.476 e. The monoisotopic (exact) mass is 332 g/mol. The third kappa shape index (κ3) is 4.24. The van der Waals surface area contributed by atoms with Gasteiger partial charge in [-0.3, -0.25) is 4.79 Å². The number of carbonyl (C=O) groups is 2. The fourth-order valence-electron chi connectivity index (χ4n) is 2.24. The number of carboxylic acid groups (broad SMARTS) is 1. The number of sulfone groups is 1. The van der Waals surface area contributed by atoms with Crippen LogP contribution in [-0.4, -0.2) is 41.9 Å². The van der Waals surface area contributed by atoms with Crippen molar-refractivity contribution in [1.82, 2.24) is 10.3 Å². The third-order valence-electron chi connectivity index (χ3n) is 3.29. The maximum atomic E-state index is 11.9. The Morgan fingerprint density at radius 3 is 2.81 bits per heavy atom. The molecule has 2 unspecified atom stereocenters. The summed E-state index contributed by atoms with van der Waals surface area (Å²) in [5.74, 6) is -1.26. The number of nitrogens with zero attached hydrogens (tertiary/aromatic N) is 1. The van der Waals surface area contributed by atoms with Gasteiger partial charge in [0.05, 0.1) is 17.5 Å². The van der Waals surface area contributed by atoms with Crippen molar-refractivity contribution in [3.05, 3.63) is 16.1 Å². The average molecular weight is 332 g/mol. The topological polar surface area (TPSA) is 113 Å². The Hall–Kier alpha value is -1.48. The van der Waals surface area contributed by atoms with Gasteiger partial charge in [0.1, 0.15) is 5.01 Å². The molecular formula is C12H16N2O5S2. The molecule has 0 spiro atoms. The minimum Gasteiger partial charge on any atom is -0.476 e. The standard InChI is InChI=1S/C12H16N2O5S2/c1-7(11-14-9(5-20-11)12(16)17)13-10(15)4-8-2-3-21(18,19)6-8/h5,7-8H,2-4,6H2,1H3,(H,13,15)(H,16,17). The number of carboxylic acids is 1. The second-order valence-corrected chi connectivity index (χ2v) is 8.26. The first-order chi connectivity index (χ1) is 9.77. The summed E-state index contributed by atoms with van der Waals surface area (Å²) in [6, 6.07) is -0.395. The maximum absolute atomic E-state index is 11.9. The molecule has 7 nitrogen and oxygen atoms in total. The van der Waals surface area contributed by atoms with Crippen molar-refractivity contribution < 1.29 is 23.1 Å². The Morgan fingerprint density at radius 2 is 2.29 bits per heavy atom. The van der Waals surface area contributed by atoms with E-state index in [4.69, 9.17) is 5.11 Å². The molecule has 1 aromatic rings. The van der Waals surface area contributed by atoms with Gasteiger partial charge in [-0.25, -0.2) is 18.2 Å². The predicted molar refractivity (Wildman–Crippen MR) is 77.0 cm³/mol. The van der Waals surface area contributed by atoms with Crippen molar-refractivity contribution in [1.29, 1.82) is 0 Å². The van der Waals surface area contributed by atoms with E-state index in [-0.39, 0.29) is 35.4 Å². The van der Waals surface area contributed by atoms with Crippen LogP contribution in [0.5, 0.6) is 0 Å². The van der Waals surface area contributed by atoms with Crippen LogP contribution in [0.4, 0.5) is 0 Å². The van der Waals surface area contributed by atoms with Crippen molar-refractivity contribution in [3.63, 3.8) is 0 Å². The summed E-state index contributed by atoms with van der Waals surface area (Å²) in [7, 11) is -2.98. The number of thiazole rings is 1. The molecule has 1 amide bonds. The molecule has 0 radical (unpaired) electrons. The highest BCUT2D eigenvalue weighted by Crippen LogP contribution is 2.23. The fraction of sp³-hybridized carbons (Fsp3) is 0.583. The van der Waals surface area contributed by atoms with Crippen molar-refractivity contribution in [2.24, 2.45) is 5.92 Å². The molecule has 0 aromatic carbocycles. The van der Waals surface area contributed by atoms with Gasteiger partial charge in [0.25, 0.3) is 0 Å². The number of hydrogen-bond acceptors (Lipinski definition) is 6. The Balaban J connectivity index is 1.88. The molecule has 1 fully saturated rings. The Kier molecular flexibility index (Phi) is 4.62. The Morgan fingerprint density at radius 1 is 1.57 bits per heavy atom. The highest BCUT2D eigenvalue weighted by atomic mass is 32.2. The summed E-state index contributed by atoms with van der Waals surface area (Å²) in [5, 5.41) is 13.5. The first-order valence-electron chi connectivity index (χ1n) is 6.45. The van der Waals surface area contributed by atoms with Crippen LogP contribution in [0.3, 0.4) is 0 Å². The van der Waals surface area contributed by atoms with Crippen LogP contribution in [-0.2, 0) is 14.6 Å². The lowest BCUT2D eigenvalue weighted by atomic mass is 10.0. The van der Waals surface area contributed by atoms with E-state index < -0.39 is 21.8 Å². The van der Waals surface area contributed by atoms with E-state index in [1.54, 1.807) is 6.92 Å². The SMILES string of the molecule is CC(NC(=O)CC1CCS(=O)(=O)C1)c1nc(C(=O)O)cs1. The van der Waals surface area contributed by atoms with E-state index in [0.717, 1.165) is 0 Å². The van der Waals surface area contributed by atoms with E-state index in [0.29, 0.717) is 11.4 Å². The van der Waals surface area contributed by atoms with E-state index in [1.165, 1.54) is 16.7 Å². The van der Waals surface area contributed by atoms with Crippen LogP contribution in [0.25, 0.3) is 0 Å². The molecule has 2 N–H and O–H groups in total. The number of aromatic carboxylic acids is 1. The highest BCUT2D eigenvalue weighted by molar-refractivity contribution is 7.91. The summed E-state index contributed by atoms with van der Waals surface area (Å²) in [4.78, 5) is 26.6. The maximum Gasteiger partial charge on any atom is 0.355 e. The second-order valence-electron chi connectivity index (χ2n) is 5.14. The minimum atomic E-state index is -2.98.